The number of nitrogens with one attached hydrogen (secondary N) is 5. The molecule has 6 amide bonds. The Kier molecular flexibility index (Phi) is 25.0. The molecule has 85 heavy (non-hydrogen) atoms. The zero-order valence-electron chi connectivity index (χ0n) is 49.5. The van der Waals surface area contributed by atoms with E-state index in [1.165, 1.54) is 17.2 Å². The smallest absolute Gasteiger partial charge is 0.407 e. The van der Waals surface area contributed by atoms with Crippen LogP contribution in [0.3, 0.4) is 0 Å². The highest BCUT2D eigenvalue weighted by molar-refractivity contribution is 6.19. The van der Waals surface area contributed by atoms with E-state index in [0.717, 1.165) is 33.0 Å². The zero-order valence-corrected chi connectivity index (χ0v) is 50.3. The highest BCUT2D eigenvalue weighted by atomic mass is 35.5. The highest BCUT2D eigenvalue weighted by Gasteiger charge is 2.35. The molecule has 7 rings (SSSR count). The van der Waals surface area contributed by atoms with Crippen molar-refractivity contribution in [1.29, 1.82) is 0 Å². The molecule has 0 saturated carbocycles. The Bertz CT molecular complexity index is 3030. The van der Waals surface area contributed by atoms with Gasteiger partial charge in [-0.25, -0.2) is 9.59 Å². The third-order valence-corrected chi connectivity index (χ3v) is 14.7. The van der Waals surface area contributed by atoms with Gasteiger partial charge < -0.3 is 64.6 Å². The topological polar surface area (TPSA) is 230 Å². The maximum Gasteiger partial charge on any atom is 0.407 e. The fourth-order valence-corrected chi connectivity index (χ4v) is 10.4. The molecular weight excluding hydrogens is 1110 g/mol. The van der Waals surface area contributed by atoms with Crippen molar-refractivity contribution >= 4 is 75.6 Å². The molecular formula is C65H81ClN6O13. The van der Waals surface area contributed by atoms with Gasteiger partial charge in [0.1, 0.15) is 30.0 Å². The number of halogens is 1. The SMILES string of the molecule is COc1ccc(/C=C/C(=O)N2CC(CCl)c3c2cc(NC(=O)[C@H](CCCCNC(=O)OC(C)(C)C)NC(=O)[C@@H](NC(=O)CCOCCOCCOCCOCCNC(=O)OCC2c4ccccc4-c4ccccc42)C(C)C)c2ccccc32)cc1. The lowest BCUT2D eigenvalue weighted by Crippen LogP contribution is -2.54. The van der Waals surface area contributed by atoms with Gasteiger partial charge in [-0.1, -0.05) is 98.8 Å². The molecule has 1 unspecified atom stereocenters. The second kappa shape index (κ2) is 32.7. The highest BCUT2D eigenvalue weighted by Crippen LogP contribution is 2.46. The second-order valence-electron chi connectivity index (χ2n) is 22.0. The number of nitrogens with zero attached hydrogens (tertiary/aromatic N) is 1. The number of fused-ring (bicyclic) bond motifs is 6. The summed E-state index contributed by atoms with van der Waals surface area (Å²) in [7, 11) is 1.59. The van der Waals surface area contributed by atoms with Crippen LogP contribution < -0.4 is 36.2 Å². The van der Waals surface area contributed by atoms with Crippen LogP contribution in [0.25, 0.3) is 28.0 Å². The zero-order chi connectivity index (χ0) is 60.7. The Balaban J connectivity index is 0.833. The molecule has 20 heteroatoms. The summed E-state index contributed by atoms with van der Waals surface area (Å²) < 4.78 is 38.6. The molecule has 1 aliphatic heterocycles. The summed E-state index contributed by atoms with van der Waals surface area (Å²) in [5.74, 6) is -1.33. The van der Waals surface area contributed by atoms with E-state index in [1.54, 1.807) is 58.8 Å². The summed E-state index contributed by atoms with van der Waals surface area (Å²) >= 11 is 6.56. The fourth-order valence-electron chi connectivity index (χ4n) is 10.2. The predicted octanol–water partition coefficient (Wildman–Crippen LogP) is 9.49. The molecule has 0 bridgehead atoms. The molecule has 0 aromatic heterocycles. The van der Waals surface area contributed by atoms with Crippen LogP contribution in [0.5, 0.6) is 5.75 Å². The summed E-state index contributed by atoms with van der Waals surface area (Å²) in [4.78, 5) is 82.3. The van der Waals surface area contributed by atoms with Crippen molar-refractivity contribution in [2.24, 2.45) is 5.92 Å². The standard InChI is InChI=1S/C65H81ClN6O13/c1-43(2)60(71-57(73)28-31-80-33-35-82-37-38-83-36-34-81-32-30-68-63(77)84-42-53-49-17-9-7-15-47(49)48-16-8-10-18-50(48)53)62(76)69-54(21-13-14-29-67-64(78)85-65(3,4)5)61(75)70-55-39-56-59(52-20-12-11-19-51(52)55)45(40-66)41-72(56)58(74)27-24-44-22-25-46(79-6)26-23-44/h7-12,15-20,22-27,39,43,45,53-54,60H,13-14,21,28-38,40-42H2,1-6H3,(H,67,78)(H,68,77)(H,69,76)(H,70,75)(H,71,73)/b27-24+/t45?,54-,60-/m0/s1. The Morgan fingerprint density at radius 1 is 0.694 bits per heavy atom. The van der Waals surface area contributed by atoms with Crippen molar-refractivity contribution in [2.45, 2.75) is 89.8 Å². The normalized spacial score (nSPS) is 14.3. The lowest BCUT2D eigenvalue weighted by Gasteiger charge is -2.26. The number of benzene rings is 5. The van der Waals surface area contributed by atoms with Gasteiger partial charge >= 0.3 is 12.2 Å². The molecule has 0 radical (unpaired) electrons. The maximum atomic E-state index is 14.6. The molecule has 5 aromatic carbocycles. The van der Waals surface area contributed by atoms with Gasteiger partial charge in [-0.15, -0.1) is 11.6 Å². The number of anilines is 2. The molecule has 0 fully saturated rings. The lowest BCUT2D eigenvalue weighted by molar-refractivity contribution is -0.132. The van der Waals surface area contributed by atoms with Crippen LogP contribution in [0.2, 0.25) is 0 Å². The van der Waals surface area contributed by atoms with E-state index in [-0.39, 0.29) is 75.4 Å². The van der Waals surface area contributed by atoms with E-state index in [0.29, 0.717) is 76.1 Å². The molecule has 0 saturated heterocycles. The minimum atomic E-state index is -1.07. The van der Waals surface area contributed by atoms with Gasteiger partial charge in [-0.3, -0.25) is 19.2 Å². The monoisotopic (exact) mass is 1190 g/mol. The predicted molar refractivity (Wildman–Crippen MR) is 328 cm³/mol. The molecule has 5 N–H and O–H groups in total. The summed E-state index contributed by atoms with van der Waals surface area (Å²) in [5.41, 5.74) is 6.71. The first-order valence-electron chi connectivity index (χ1n) is 29.1. The van der Waals surface area contributed by atoms with Crippen LogP contribution in [-0.2, 0) is 47.6 Å². The van der Waals surface area contributed by atoms with Gasteiger partial charge in [-0.2, -0.15) is 0 Å². The number of carbonyl (C=O) groups is 6. The molecule has 5 aromatic rings. The number of carbonyl (C=O) groups excluding carboxylic acids is 6. The lowest BCUT2D eigenvalue weighted by atomic mass is 9.94. The molecule has 3 atom stereocenters. The van der Waals surface area contributed by atoms with Gasteiger partial charge in [-0.05, 0) is 109 Å². The molecule has 1 aliphatic carbocycles. The Labute approximate surface area is 503 Å². The second-order valence-corrected chi connectivity index (χ2v) is 22.3. The third kappa shape index (κ3) is 19.2. The average molecular weight is 1190 g/mol. The van der Waals surface area contributed by atoms with Crippen LogP contribution in [0.15, 0.2) is 109 Å². The van der Waals surface area contributed by atoms with E-state index >= 15 is 0 Å². The van der Waals surface area contributed by atoms with Crippen molar-refractivity contribution in [3.63, 3.8) is 0 Å². The largest absolute Gasteiger partial charge is 0.497 e. The van der Waals surface area contributed by atoms with E-state index in [2.05, 4.69) is 50.8 Å². The van der Waals surface area contributed by atoms with Crippen LogP contribution in [0.4, 0.5) is 21.0 Å². The van der Waals surface area contributed by atoms with Gasteiger partial charge in [0.15, 0.2) is 0 Å². The van der Waals surface area contributed by atoms with Gasteiger partial charge in [0.25, 0.3) is 5.91 Å². The van der Waals surface area contributed by atoms with E-state index < -0.39 is 47.6 Å². The number of hydrogen-bond donors (Lipinski definition) is 5. The van der Waals surface area contributed by atoms with Gasteiger partial charge in [0.05, 0.1) is 71.3 Å². The van der Waals surface area contributed by atoms with Gasteiger partial charge in [0.2, 0.25) is 17.7 Å². The summed E-state index contributed by atoms with van der Waals surface area (Å²) in [6.45, 7) is 12.3. The molecule has 2 aliphatic rings. The minimum absolute atomic E-state index is 0.0115. The number of unbranched alkanes of at least 4 members (excludes halogenated alkanes) is 1. The third-order valence-electron chi connectivity index (χ3n) is 14.3. The first kappa shape index (κ1) is 65.0. The number of alkyl carbamates (subject to hydrolysis) is 2. The molecule has 1 heterocycles. The maximum absolute atomic E-state index is 14.6. The number of rotatable bonds is 32. The molecule has 19 nitrogen and oxygen atoms in total. The first-order valence-corrected chi connectivity index (χ1v) is 29.6. The van der Waals surface area contributed by atoms with Crippen molar-refractivity contribution in [2.75, 3.05) is 102 Å². The van der Waals surface area contributed by atoms with E-state index in [9.17, 15) is 28.8 Å². The van der Waals surface area contributed by atoms with Crippen molar-refractivity contribution in [3.8, 4) is 16.9 Å². The Hall–Kier alpha value is -7.55. The number of amides is 6. The fraction of sp³-hybridized carbons (Fsp3) is 0.446. The van der Waals surface area contributed by atoms with Crippen LogP contribution in [0, 0.1) is 5.92 Å². The Morgan fingerprint density at radius 3 is 1.92 bits per heavy atom. The number of ether oxygens (including phenoxy) is 7. The Morgan fingerprint density at radius 2 is 1.29 bits per heavy atom. The van der Waals surface area contributed by atoms with Crippen molar-refractivity contribution < 1.29 is 61.9 Å². The van der Waals surface area contributed by atoms with Crippen LogP contribution in [-0.4, -0.2) is 146 Å². The summed E-state index contributed by atoms with van der Waals surface area (Å²) in [5, 5.41) is 15.8. The number of hydrogen-bond acceptors (Lipinski definition) is 13. The first-order chi connectivity index (χ1) is 41.0. The number of alkyl halides is 1. The van der Waals surface area contributed by atoms with E-state index in [1.807, 2.05) is 72.8 Å². The average Bonchev–Trinajstić information content (AvgIpc) is 3.15. The molecule has 456 valence electrons. The summed E-state index contributed by atoms with van der Waals surface area (Å²) in [6.07, 6.45) is 3.23. The van der Waals surface area contributed by atoms with Crippen LogP contribution >= 0.6 is 11.6 Å². The van der Waals surface area contributed by atoms with Crippen molar-refractivity contribution in [1.82, 2.24) is 21.3 Å². The quantitative estimate of drug-likeness (QED) is 0.0154. The minimum Gasteiger partial charge on any atom is -0.497 e. The molecule has 0 spiro atoms. The van der Waals surface area contributed by atoms with Gasteiger partial charge in [0, 0.05) is 55.2 Å². The number of methoxy groups -OCH3 is 1. The van der Waals surface area contributed by atoms with E-state index in [4.69, 9.17) is 44.8 Å². The summed E-state index contributed by atoms with van der Waals surface area (Å²) in [6, 6.07) is 31.0. The van der Waals surface area contributed by atoms with Crippen LogP contribution in [0.1, 0.15) is 94.4 Å². The van der Waals surface area contributed by atoms with Crippen molar-refractivity contribution in [3.05, 3.63) is 131 Å².